The molecule has 0 aliphatic heterocycles. The van der Waals surface area contributed by atoms with Crippen LogP contribution in [0.1, 0.15) is 17.2 Å². The van der Waals surface area contributed by atoms with Crippen LogP contribution < -0.4 is 0 Å². The van der Waals surface area contributed by atoms with E-state index in [-0.39, 0.29) is 12.0 Å². The second-order valence-electron chi connectivity index (χ2n) is 4.15. The zero-order valence-electron chi connectivity index (χ0n) is 9.71. The van der Waals surface area contributed by atoms with Crippen molar-refractivity contribution in [2.24, 2.45) is 0 Å². The van der Waals surface area contributed by atoms with Crippen molar-refractivity contribution in [3.63, 3.8) is 0 Å². The van der Waals surface area contributed by atoms with Crippen LogP contribution in [0.5, 0.6) is 0 Å². The van der Waals surface area contributed by atoms with Crippen molar-refractivity contribution in [2.75, 3.05) is 0 Å². The highest BCUT2D eigenvalue weighted by atomic mass is 19.2. The van der Waals surface area contributed by atoms with Gasteiger partial charge in [-0.1, -0.05) is 12.1 Å². The number of rotatable bonds is 3. The first-order chi connectivity index (χ1) is 8.97. The minimum atomic E-state index is -1.58. The Morgan fingerprint density at radius 3 is 2.16 bits per heavy atom. The maximum absolute atomic E-state index is 13.0. The van der Waals surface area contributed by atoms with Gasteiger partial charge in [0, 0.05) is 6.42 Å². The Bertz CT molecular complexity index is 575. The summed E-state index contributed by atoms with van der Waals surface area (Å²) in [4.78, 5) is 0. The average Bonchev–Trinajstić information content (AvgIpc) is 2.35. The van der Waals surface area contributed by atoms with E-state index < -0.39 is 29.4 Å². The van der Waals surface area contributed by atoms with Crippen LogP contribution in [0.25, 0.3) is 0 Å². The fraction of sp³-hybridized carbons (Fsp3) is 0.143. The van der Waals surface area contributed by atoms with E-state index in [9.17, 15) is 22.7 Å². The quantitative estimate of drug-likeness (QED) is 0.668. The maximum atomic E-state index is 13.0. The molecular formula is C14H10F4O. The van der Waals surface area contributed by atoms with Crippen LogP contribution in [-0.2, 0) is 6.42 Å². The van der Waals surface area contributed by atoms with Gasteiger partial charge in [0.05, 0.1) is 6.10 Å². The van der Waals surface area contributed by atoms with E-state index in [0.29, 0.717) is 5.56 Å². The van der Waals surface area contributed by atoms with E-state index in [0.717, 1.165) is 12.1 Å². The SMILES string of the molecule is OC(Cc1cccc(F)c1)c1cc(F)c(F)c(F)c1. The summed E-state index contributed by atoms with van der Waals surface area (Å²) >= 11 is 0. The van der Waals surface area contributed by atoms with Crippen LogP contribution in [0, 0.1) is 23.3 Å². The molecule has 1 nitrogen and oxygen atoms in total. The Kier molecular flexibility index (Phi) is 3.85. The van der Waals surface area contributed by atoms with Crippen LogP contribution in [0.3, 0.4) is 0 Å². The second kappa shape index (κ2) is 5.40. The fourth-order valence-corrected chi connectivity index (χ4v) is 1.77. The summed E-state index contributed by atoms with van der Waals surface area (Å²) in [5.74, 6) is -4.79. The first-order valence-corrected chi connectivity index (χ1v) is 5.54. The molecule has 0 amide bonds. The molecule has 19 heavy (non-hydrogen) atoms. The Balaban J connectivity index is 2.23. The number of aliphatic hydroxyl groups is 1. The van der Waals surface area contributed by atoms with E-state index in [4.69, 9.17) is 0 Å². The largest absolute Gasteiger partial charge is 0.388 e. The van der Waals surface area contributed by atoms with Gasteiger partial charge in [0.25, 0.3) is 0 Å². The summed E-state index contributed by atoms with van der Waals surface area (Å²) in [6.07, 6.45) is -1.27. The molecule has 1 N–H and O–H groups in total. The minimum Gasteiger partial charge on any atom is -0.388 e. The molecule has 0 bridgehead atoms. The van der Waals surface area contributed by atoms with E-state index in [2.05, 4.69) is 0 Å². The van der Waals surface area contributed by atoms with Crippen LogP contribution in [-0.4, -0.2) is 5.11 Å². The third kappa shape index (κ3) is 3.12. The van der Waals surface area contributed by atoms with Gasteiger partial charge in [-0.3, -0.25) is 0 Å². The molecule has 0 saturated carbocycles. The van der Waals surface area contributed by atoms with Crippen LogP contribution in [0.4, 0.5) is 17.6 Å². The molecule has 1 unspecified atom stereocenters. The smallest absolute Gasteiger partial charge is 0.194 e. The molecule has 0 spiro atoms. The number of hydrogen-bond donors (Lipinski definition) is 1. The second-order valence-corrected chi connectivity index (χ2v) is 4.15. The molecule has 2 aromatic carbocycles. The molecule has 100 valence electrons. The van der Waals surface area contributed by atoms with E-state index in [1.165, 1.54) is 18.2 Å². The van der Waals surface area contributed by atoms with Gasteiger partial charge >= 0.3 is 0 Å². The van der Waals surface area contributed by atoms with Gasteiger partial charge < -0.3 is 5.11 Å². The summed E-state index contributed by atoms with van der Waals surface area (Å²) in [6, 6.07) is 6.93. The third-order valence-corrected chi connectivity index (χ3v) is 2.71. The van der Waals surface area contributed by atoms with Crippen molar-refractivity contribution in [3.05, 3.63) is 70.8 Å². The molecule has 0 radical (unpaired) electrons. The van der Waals surface area contributed by atoms with Crippen molar-refractivity contribution in [2.45, 2.75) is 12.5 Å². The minimum absolute atomic E-state index is 0.0255. The molecule has 0 heterocycles. The lowest BCUT2D eigenvalue weighted by atomic mass is 10.0. The van der Waals surface area contributed by atoms with Crippen molar-refractivity contribution >= 4 is 0 Å². The van der Waals surface area contributed by atoms with Gasteiger partial charge in [-0.25, -0.2) is 17.6 Å². The summed E-state index contributed by atoms with van der Waals surface area (Å²) in [6.45, 7) is 0. The Morgan fingerprint density at radius 2 is 1.58 bits per heavy atom. The third-order valence-electron chi connectivity index (χ3n) is 2.71. The molecule has 1 atom stereocenters. The van der Waals surface area contributed by atoms with Crippen LogP contribution >= 0.6 is 0 Å². The fourth-order valence-electron chi connectivity index (χ4n) is 1.77. The molecule has 2 rings (SSSR count). The van der Waals surface area contributed by atoms with Crippen molar-refractivity contribution in [1.82, 2.24) is 0 Å². The van der Waals surface area contributed by atoms with Gasteiger partial charge in [0.1, 0.15) is 5.82 Å². The topological polar surface area (TPSA) is 20.2 Å². The normalized spacial score (nSPS) is 12.5. The monoisotopic (exact) mass is 270 g/mol. The number of halogens is 4. The van der Waals surface area contributed by atoms with Gasteiger partial charge in [-0.05, 0) is 35.4 Å². The lowest BCUT2D eigenvalue weighted by molar-refractivity contribution is 0.177. The van der Waals surface area contributed by atoms with Crippen molar-refractivity contribution in [1.29, 1.82) is 0 Å². The van der Waals surface area contributed by atoms with E-state index >= 15 is 0 Å². The molecule has 5 heteroatoms. The van der Waals surface area contributed by atoms with Crippen LogP contribution in [0.15, 0.2) is 36.4 Å². The Labute approximate surface area is 107 Å². The molecular weight excluding hydrogens is 260 g/mol. The highest BCUT2D eigenvalue weighted by Crippen LogP contribution is 2.22. The van der Waals surface area contributed by atoms with Gasteiger partial charge in [0.2, 0.25) is 0 Å². The van der Waals surface area contributed by atoms with E-state index in [1.54, 1.807) is 6.07 Å². The Morgan fingerprint density at radius 1 is 0.947 bits per heavy atom. The lowest BCUT2D eigenvalue weighted by Gasteiger charge is -2.12. The first kappa shape index (κ1) is 13.5. The molecule has 0 fully saturated rings. The van der Waals surface area contributed by atoms with Gasteiger partial charge in [0.15, 0.2) is 17.5 Å². The molecule has 0 aliphatic rings. The predicted molar refractivity (Wildman–Crippen MR) is 61.4 cm³/mol. The molecule has 0 saturated heterocycles. The summed E-state index contributed by atoms with van der Waals surface area (Å²) in [5, 5.41) is 9.83. The van der Waals surface area contributed by atoms with Gasteiger partial charge in [-0.15, -0.1) is 0 Å². The molecule has 2 aromatic rings. The molecule has 0 aliphatic carbocycles. The van der Waals surface area contributed by atoms with Crippen molar-refractivity contribution in [3.8, 4) is 0 Å². The summed E-state index contributed by atoms with van der Waals surface area (Å²) in [7, 11) is 0. The lowest BCUT2D eigenvalue weighted by Crippen LogP contribution is -2.05. The highest BCUT2D eigenvalue weighted by Gasteiger charge is 2.16. The summed E-state index contributed by atoms with van der Waals surface area (Å²) in [5.41, 5.74) is 0.373. The first-order valence-electron chi connectivity index (χ1n) is 5.54. The summed E-state index contributed by atoms with van der Waals surface area (Å²) < 4.78 is 51.8. The zero-order chi connectivity index (χ0) is 14.0. The molecule has 0 aromatic heterocycles. The predicted octanol–water partition coefficient (Wildman–Crippen LogP) is 3.52. The Hall–Kier alpha value is -1.88. The standard InChI is InChI=1S/C14H10F4O/c15-10-3-1-2-8(4-10)5-13(19)9-6-11(16)14(18)12(17)7-9/h1-4,6-7,13,19H,5H2. The zero-order valence-corrected chi connectivity index (χ0v) is 9.71. The van der Waals surface area contributed by atoms with Crippen molar-refractivity contribution < 1.29 is 22.7 Å². The average molecular weight is 270 g/mol. The van der Waals surface area contributed by atoms with Gasteiger partial charge in [-0.2, -0.15) is 0 Å². The van der Waals surface area contributed by atoms with Crippen LogP contribution in [0.2, 0.25) is 0 Å². The number of aliphatic hydroxyl groups excluding tert-OH is 1. The highest BCUT2D eigenvalue weighted by molar-refractivity contribution is 5.25. The maximum Gasteiger partial charge on any atom is 0.194 e. The number of benzene rings is 2. The van der Waals surface area contributed by atoms with E-state index in [1.807, 2.05) is 0 Å². The number of hydrogen-bond acceptors (Lipinski definition) is 1.